The molecule has 1 aliphatic rings. The van der Waals surface area contributed by atoms with E-state index in [1.807, 2.05) is 30.5 Å². The van der Waals surface area contributed by atoms with Gasteiger partial charge >= 0.3 is 0 Å². The van der Waals surface area contributed by atoms with Crippen molar-refractivity contribution in [3.63, 3.8) is 0 Å². The van der Waals surface area contributed by atoms with Crippen LogP contribution in [0.1, 0.15) is 23.7 Å². The Bertz CT molecular complexity index is 2820. The molecule has 0 N–H and O–H groups in total. The van der Waals surface area contributed by atoms with Crippen molar-refractivity contribution in [2.45, 2.75) is 12.3 Å². The summed E-state index contributed by atoms with van der Waals surface area (Å²) < 4.78 is 2.08. The molecule has 0 bridgehead atoms. The van der Waals surface area contributed by atoms with Crippen LogP contribution in [0.4, 0.5) is 0 Å². The van der Waals surface area contributed by atoms with E-state index in [0.29, 0.717) is 0 Å². The lowest BCUT2D eigenvalue weighted by Crippen LogP contribution is -2.03. The fourth-order valence-electron chi connectivity index (χ4n) is 7.30. The highest BCUT2D eigenvalue weighted by molar-refractivity contribution is 6.09. The van der Waals surface area contributed by atoms with Crippen LogP contribution in [0.5, 0.6) is 0 Å². The number of fused-ring (bicyclic) bond motifs is 7. The molecule has 5 nitrogen and oxygen atoms in total. The standard InChI is InChI=1S/C44H29N5/c1-2-12-29-25-33(23-22-28(29)11-1)41-37-19-5-6-20-38(37)45-43(47-41)34-16-10-14-31(27-34)30-13-9-15-32(26-30)40-35-17-3-4-18-36(35)42-44(48-40)49-24-8-7-21-39(49)46-42/h1-13,15-27,31H,14H2. The molecule has 0 spiro atoms. The SMILES string of the molecule is C1=CC(c2nc(-c3ccc4ccccc4c3)c3ccccc3n2)=CC(c2cccc(-c3nc4c(nc5ccccn54)c4ccccc34)c2)C1. The van der Waals surface area contributed by atoms with Crippen LogP contribution in [0.15, 0.2) is 158 Å². The normalized spacial score (nSPS) is 14.7. The van der Waals surface area contributed by atoms with Crippen LogP contribution in [-0.2, 0) is 0 Å². The number of allylic oxidation sites excluding steroid dienone is 4. The van der Waals surface area contributed by atoms with Gasteiger partial charge in [0.1, 0.15) is 11.2 Å². The van der Waals surface area contributed by atoms with Gasteiger partial charge in [0, 0.05) is 45.0 Å². The maximum absolute atomic E-state index is 5.25. The smallest absolute Gasteiger partial charge is 0.165 e. The molecule has 4 heterocycles. The Balaban J connectivity index is 1.08. The summed E-state index contributed by atoms with van der Waals surface area (Å²) in [6, 6.07) is 46.7. The lowest BCUT2D eigenvalue weighted by Gasteiger charge is -2.19. The van der Waals surface area contributed by atoms with Crippen LogP contribution in [-0.4, -0.2) is 24.3 Å². The van der Waals surface area contributed by atoms with E-state index in [2.05, 4.69) is 132 Å². The van der Waals surface area contributed by atoms with Crippen LogP contribution < -0.4 is 0 Å². The van der Waals surface area contributed by atoms with Crippen molar-refractivity contribution in [2.24, 2.45) is 0 Å². The zero-order valence-corrected chi connectivity index (χ0v) is 26.5. The fraction of sp³-hybridized carbons (Fsp3) is 0.0455. The molecule has 9 aromatic rings. The van der Waals surface area contributed by atoms with Gasteiger partial charge in [-0.15, -0.1) is 0 Å². The van der Waals surface area contributed by atoms with Gasteiger partial charge < -0.3 is 0 Å². The molecule has 1 atom stereocenters. The first-order valence-electron chi connectivity index (χ1n) is 16.7. The van der Waals surface area contributed by atoms with Crippen molar-refractivity contribution in [1.29, 1.82) is 0 Å². The largest absolute Gasteiger partial charge is 0.284 e. The molecule has 230 valence electrons. The number of imidazole rings is 1. The first-order chi connectivity index (χ1) is 24.3. The van der Waals surface area contributed by atoms with Crippen molar-refractivity contribution in [3.05, 3.63) is 169 Å². The molecule has 0 aliphatic heterocycles. The van der Waals surface area contributed by atoms with Crippen molar-refractivity contribution in [2.75, 3.05) is 0 Å². The predicted molar refractivity (Wildman–Crippen MR) is 200 cm³/mol. The average Bonchev–Trinajstić information content (AvgIpc) is 3.56. The summed E-state index contributed by atoms with van der Waals surface area (Å²) in [6.07, 6.45) is 9.68. The number of hydrogen-bond donors (Lipinski definition) is 0. The maximum atomic E-state index is 5.25. The van der Waals surface area contributed by atoms with Crippen molar-refractivity contribution >= 4 is 54.8 Å². The molecule has 49 heavy (non-hydrogen) atoms. The molecular formula is C44H29N5. The zero-order chi connectivity index (χ0) is 32.3. The third-order valence-electron chi connectivity index (χ3n) is 9.70. The minimum atomic E-state index is 0.171. The maximum Gasteiger partial charge on any atom is 0.165 e. The van der Waals surface area contributed by atoms with Crippen molar-refractivity contribution < 1.29 is 0 Å². The van der Waals surface area contributed by atoms with E-state index in [1.165, 1.54) is 16.3 Å². The van der Waals surface area contributed by atoms with Gasteiger partial charge in [0.05, 0.1) is 16.9 Å². The number of rotatable bonds is 4. The molecule has 1 unspecified atom stereocenters. The molecule has 0 saturated carbocycles. The highest BCUT2D eigenvalue weighted by atomic mass is 15.1. The van der Waals surface area contributed by atoms with E-state index in [1.54, 1.807) is 0 Å². The monoisotopic (exact) mass is 627 g/mol. The third-order valence-corrected chi connectivity index (χ3v) is 9.70. The second-order valence-corrected chi connectivity index (χ2v) is 12.7. The van der Waals surface area contributed by atoms with Gasteiger partial charge in [-0.1, -0.05) is 121 Å². The van der Waals surface area contributed by atoms with Crippen molar-refractivity contribution in [1.82, 2.24) is 24.3 Å². The van der Waals surface area contributed by atoms with E-state index >= 15 is 0 Å². The van der Waals surface area contributed by atoms with Gasteiger partial charge in [0.25, 0.3) is 0 Å². The molecular weight excluding hydrogens is 599 g/mol. The van der Waals surface area contributed by atoms with E-state index in [0.717, 1.165) is 78.8 Å². The Hall–Kier alpha value is -6.46. The molecule has 5 heteroatoms. The number of benzene rings is 5. The lowest BCUT2D eigenvalue weighted by molar-refractivity contribution is 0.855. The summed E-state index contributed by atoms with van der Waals surface area (Å²) in [4.78, 5) is 20.5. The van der Waals surface area contributed by atoms with Gasteiger partial charge in [-0.3, -0.25) is 4.40 Å². The topological polar surface area (TPSA) is 56.0 Å². The van der Waals surface area contributed by atoms with Crippen LogP contribution in [0, 0.1) is 0 Å². The van der Waals surface area contributed by atoms with Crippen molar-refractivity contribution in [3.8, 4) is 22.5 Å². The highest BCUT2D eigenvalue weighted by Crippen LogP contribution is 2.37. The molecule has 0 fully saturated rings. The van der Waals surface area contributed by atoms with Gasteiger partial charge in [-0.05, 0) is 53.1 Å². The summed E-state index contributed by atoms with van der Waals surface area (Å²) in [5.41, 5.74) is 9.98. The molecule has 4 aromatic heterocycles. The summed E-state index contributed by atoms with van der Waals surface area (Å²) >= 11 is 0. The van der Waals surface area contributed by atoms with Gasteiger partial charge in [0.2, 0.25) is 0 Å². The summed E-state index contributed by atoms with van der Waals surface area (Å²) in [7, 11) is 0. The molecule has 10 rings (SSSR count). The number of pyridine rings is 2. The summed E-state index contributed by atoms with van der Waals surface area (Å²) in [6.45, 7) is 0. The first kappa shape index (κ1) is 27.6. The minimum Gasteiger partial charge on any atom is -0.284 e. The molecule has 0 saturated heterocycles. The Morgan fingerprint density at radius 3 is 2.29 bits per heavy atom. The number of aromatic nitrogens is 5. The Kier molecular flexibility index (Phi) is 6.24. The van der Waals surface area contributed by atoms with Crippen LogP contribution in [0.25, 0.3) is 77.3 Å². The van der Waals surface area contributed by atoms with Gasteiger partial charge in [-0.2, -0.15) is 0 Å². The van der Waals surface area contributed by atoms with E-state index in [-0.39, 0.29) is 5.92 Å². The van der Waals surface area contributed by atoms with Crippen LogP contribution >= 0.6 is 0 Å². The summed E-state index contributed by atoms with van der Waals surface area (Å²) in [5, 5.41) is 5.67. The number of para-hydroxylation sites is 1. The molecule has 0 amide bonds. The Morgan fingerprint density at radius 1 is 0.571 bits per heavy atom. The Labute approximate surface area is 282 Å². The lowest BCUT2D eigenvalue weighted by atomic mass is 9.88. The second kappa shape index (κ2) is 11.1. The zero-order valence-electron chi connectivity index (χ0n) is 26.5. The fourth-order valence-corrected chi connectivity index (χ4v) is 7.30. The van der Waals surface area contributed by atoms with Gasteiger partial charge in [0.15, 0.2) is 11.5 Å². The van der Waals surface area contributed by atoms with E-state index in [9.17, 15) is 0 Å². The number of hydrogen-bond acceptors (Lipinski definition) is 4. The number of nitrogens with zero attached hydrogens (tertiary/aromatic N) is 5. The minimum absolute atomic E-state index is 0.171. The predicted octanol–water partition coefficient (Wildman–Crippen LogP) is 10.6. The average molecular weight is 628 g/mol. The Morgan fingerprint density at radius 2 is 1.35 bits per heavy atom. The third kappa shape index (κ3) is 4.62. The molecule has 5 aromatic carbocycles. The quantitative estimate of drug-likeness (QED) is 0.195. The second-order valence-electron chi connectivity index (χ2n) is 12.7. The van der Waals surface area contributed by atoms with Gasteiger partial charge in [-0.25, -0.2) is 19.9 Å². The van der Waals surface area contributed by atoms with Crippen LogP contribution in [0.3, 0.4) is 0 Å². The molecule has 0 radical (unpaired) electrons. The molecule has 1 aliphatic carbocycles. The first-order valence-corrected chi connectivity index (χ1v) is 16.7. The van der Waals surface area contributed by atoms with E-state index < -0.39 is 0 Å². The van der Waals surface area contributed by atoms with Crippen LogP contribution in [0.2, 0.25) is 0 Å². The highest BCUT2D eigenvalue weighted by Gasteiger charge is 2.19. The van der Waals surface area contributed by atoms with E-state index in [4.69, 9.17) is 19.9 Å². The summed E-state index contributed by atoms with van der Waals surface area (Å²) in [5.74, 6) is 0.912.